The lowest BCUT2D eigenvalue weighted by atomic mass is 10.2. The van der Waals surface area contributed by atoms with Crippen LogP contribution in [0.5, 0.6) is 5.75 Å². The fourth-order valence-corrected chi connectivity index (χ4v) is 3.87. The molecule has 0 fully saturated rings. The molecule has 28 heavy (non-hydrogen) atoms. The van der Waals surface area contributed by atoms with Gasteiger partial charge >= 0.3 is 0 Å². The summed E-state index contributed by atoms with van der Waals surface area (Å²) in [5, 5.41) is 9.00. The molecule has 3 rings (SSSR count). The second-order valence-electron chi connectivity index (χ2n) is 6.51. The van der Waals surface area contributed by atoms with Gasteiger partial charge in [-0.05, 0) is 24.6 Å². The van der Waals surface area contributed by atoms with Crippen molar-refractivity contribution in [1.82, 2.24) is 19.7 Å². The average Bonchev–Trinajstić information content (AvgIpc) is 3.08. The van der Waals surface area contributed by atoms with E-state index in [-0.39, 0.29) is 11.2 Å². The van der Waals surface area contributed by atoms with Crippen LogP contribution in [0.25, 0.3) is 11.4 Å². The van der Waals surface area contributed by atoms with Crippen molar-refractivity contribution in [1.29, 1.82) is 0 Å². The van der Waals surface area contributed by atoms with Gasteiger partial charge in [0.05, 0.1) is 17.9 Å². The number of ether oxygens (including phenoxy) is 1. The van der Waals surface area contributed by atoms with Crippen molar-refractivity contribution in [3.05, 3.63) is 60.2 Å². The van der Waals surface area contributed by atoms with Crippen LogP contribution in [0.2, 0.25) is 0 Å². The maximum absolute atomic E-state index is 12.8. The maximum Gasteiger partial charge on any atom is 0.235 e. The Morgan fingerprint density at radius 1 is 1.14 bits per heavy atom. The van der Waals surface area contributed by atoms with Crippen LogP contribution in [0.15, 0.2) is 59.8 Å². The number of amides is 1. The zero-order valence-electron chi connectivity index (χ0n) is 16.5. The normalized spacial score (nSPS) is 11.9. The minimum atomic E-state index is -0.276. The average molecular weight is 397 g/mol. The van der Waals surface area contributed by atoms with E-state index in [1.165, 1.54) is 11.8 Å². The van der Waals surface area contributed by atoms with E-state index in [1.807, 2.05) is 80.2 Å². The summed E-state index contributed by atoms with van der Waals surface area (Å²) < 4.78 is 7.32. The molecule has 146 valence electrons. The number of carbonyl (C=O) groups is 1. The van der Waals surface area contributed by atoms with Crippen LogP contribution < -0.4 is 4.74 Å². The first-order valence-corrected chi connectivity index (χ1v) is 9.87. The van der Waals surface area contributed by atoms with Crippen molar-refractivity contribution in [3.63, 3.8) is 0 Å². The Hall–Kier alpha value is -2.80. The van der Waals surface area contributed by atoms with Crippen LogP contribution >= 0.6 is 11.8 Å². The van der Waals surface area contributed by atoms with Crippen LogP contribution in [-0.2, 0) is 18.4 Å². The highest BCUT2D eigenvalue weighted by Crippen LogP contribution is 2.31. The molecule has 0 aliphatic rings. The van der Waals surface area contributed by atoms with Crippen molar-refractivity contribution in [2.75, 3.05) is 14.2 Å². The van der Waals surface area contributed by atoms with Gasteiger partial charge in [-0.15, -0.1) is 10.2 Å². The third-order valence-electron chi connectivity index (χ3n) is 4.45. The summed E-state index contributed by atoms with van der Waals surface area (Å²) in [5.41, 5.74) is 1.97. The van der Waals surface area contributed by atoms with Gasteiger partial charge < -0.3 is 14.2 Å². The van der Waals surface area contributed by atoms with Crippen LogP contribution in [0.1, 0.15) is 12.5 Å². The third kappa shape index (κ3) is 4.36. The minimum absolute atomic E-state index is 0.0516. The summed E-state index contributed by atoms with van der Waals surface area (Å²) in [6.45, 7) is 2.47. The lowest BCUT2D eigenvalue weighted by molar-refractivity contribution is -0.129. The van der Waals surface area contributed by atoms with Gasteiger partial charge in [0.15, 0.2) is 11.0 Å². The molecule has 0 aliphatic heterocycles. The number of hydrogen-bond acceptors (Lipinski definition) is 5. The highest BCUT2D eigenvalue weighted by Gasteiger charge is 2.23. The summed E-state index contributed by atoms with van der Waals surface area (Å²) in [6, 6.07) is 17.6. The van der Waals surface area contributed by atoms with E-state index < -0.39 is 0 Å². The fraction of sp³-hybridized carbons (Fsp3) is 0.286. The van der Waals surface area contributed by atoms with Gasteiger partial charge in [0, 0.05) is 20.6 Å². The van der Waals surface area contributed by atoms with E-state index in [2.05, 4.69) is 10.2 Å². The maximum atomic E-state index is 12.8. The first-order valence-electron chi connectivity index (χ1n) is 8.99. The standard InChI is InChI=1S/C21H24N4O2S/c1-15(20(26)24(2)14-16-10-6-5-7-11-16)28-21-23-22-19(25(21)3)17-12-8-9-13-18(17)27-4/h5-13,15H,14H2,1-4H3. The first kappa shape index (κ1) is 19.9. The number of para-hydroxylation sites is 1. The van der Waals surface area contributed by atoms with Gasteiger partial charge in [0.2, 0.25) is 5.91 Å². The molecule has 0 radical (unpaired) electrons. The zero-order valence-corrected chi connectivity index (χ0v) is 17.3. The molecule has 0 N–H and O–H groups in total. The summed E-state index contributed by atoms with van der Waals surface area (Å²) in [4.78, 5) is 14.5. The third-order valence-corrected chi connectivity index (χ3v) is 5.57. The Morgan fingerprint density at radius 3 is 2.54 bits per heavy atom. The number of rotatable bonds is 7. The summed E-state index contributed by atoms with van der Waals surface area (Å²) in [7, 11) is 5.35. The van der Waals surface area contributed by atoms with Gasteiger partial charge in [0.25, 0.3) is 0 Å². The number of hydrogen-bond donors (Lipinski definition) is 0. The van der Waals surface area contributed by atoms with E-state index in [0.717, 1.165) is 16.9 Å². The predicted molar refractivity (Wildman–Crippen MR) is 111 cm³/mol. The molecule has 0 saturated heterocycles. The molecule has 1 aromatic heterocycles. The highest BCUT2D eigenvalue weighted by atomic mass is 32.2. The smallest absolute Gasteiger partial charge is 0.235 e. The van der Waals surface area contributed by atoms with E-state index in [0.29, 0.717) is 17.5 Å². The van der Waals surface area contributed by atoms with E-state index in [9.17, 15) is 4.79 Å². The molecule has 6 nitrogen and oxygen atoms in total. The van der Waals surface area contributed by atoms with E-state index in [1.54, 1.807) is 12.0 Å². The minimum Gasteiger partial charge on any atom is -0.496 e. The van der Waals surface area contributed by atoms with Gasteiger partial charge in [-0.25, -0.2) is 0 Å². The molecule has 0 aliphatic carbocycles. The molecule has 1 atom stereocenters. The van der Waals surface area contributed by atoms with Crippen molar-refractivity contribution in [3.8, 4) is 17.1 Å². The summed E-state index contributed by atoms with van der Waals surface area (Å²) in [6.07, 6.45) is 0. The van der Waals surface area contributed by atoms with Crippen molar-refractivity contribution in [2.45, 2.75) is 23.9 Å². The van der Waals surface area contributed by atoms with Crippen molar-refractivity contribution in [2.24, 2.45) is 7.05 Å². The SMILES string of the molecule is COc1ccccc1-c1nnc(SC(C)C(=O)N(C)Cc2ccccc2)n1C. The lowest BCUT2D eigenvalue weighted by Crippen LogP contribution is -2.32. The molecular formula is C21H24N4O2S. The molecule has 0 spiro atoms. The number of nitrogens with zero attached hydrogens (tertiary/aromatic N) is 4. The van der Waals surface area contributed by atoms with Gasteiger partial charge in [-0.1, -0.05) is 54.2 Å². The van der Waals surface area contributed by atoms with Crippen LogP contribution in [0, 0.1) is 0 Å². The molecule has 1 unspecified atom stereocenters. The molecule has 1 heterocycles. The number of benzene rings is 2. The molecule has 3 aromatic rings. The predicted octanol–water partition coefficient (Wildman–Crippen LogP) is 3.63. The van der Waals surface area contributed by atoms with Crippen molar-refractivity contribution < 1.29 is 9.53 Å². The quantitative estimate of drug-likeness (QED) is 0.571. The Morgan fingerprint density at radius 2 is 1.82 bits per heavy atom. The van der Waals surface area contributed by atoms with Crippen LogP contribution in [-0.4, -0.2) is 45.0 Å². The fourth-order valence-electron chi connectivity index (χ4n) is 2.94. The van der Waals surface area contributed by atoms with Crippen LogP contribution in [0.3, 0.4) is 0 Å². The largest absolute Gasteiger partial charge is 0.496 e. The van der Waals surface area contributed by atoms with E-state index in [4.69, 9.17) is 4.74 Å². The van der Waals surface area contributed by atoms with Crippen LogP contribution in [0.4, 0.5) is 0 Å². The zero-order chi connectivity index (χ0) is 20.1. The van der Waals surface area contributed by atoms with Gasteiger partial charge in [0.1, 0.15) is 5.75 Å². The molecule has 2 aromatic carbocycles. The Bertz CT molecular complexity index is 943. The molecule has 0 saturated carbocycles. The second kappa shape index (κ2) is 8.93. The monoisotopic (exact) mass is 396 g/mol. The Balaban J connectivity index is 1.71. The van der Waals surface area contributed by atoms with Crippen molar-refractivity contribution >= 4 is 17.7 Å². The number of aromatic nitrogens is 3. The number of carbonyl (C=O) groups excluding carboxylic acids is 1. The summed E-state index contributed by atoms with van der Waals surface area (Å²) >= 11 is 1.40. The lowest BCUT2D eigenvalue weighted by Gasteiger charge is -2.21. The Kier molecular flexibility index (Phi) is 6.36. The topological polar surface area (TPSA) is 60.3 Å². The number of thioether (sulfide) groups is 1. The molecule has 1 amide bonds. The second-order valence-corrected chi connectivity index (χ2v) is 7.81. The first-order chi connectivity index (χ1) is 13.5. The highest BCUT2D eigenvalue weighted by molar-refractivity contribution is 8.00. The molecular weight excluding hydrogens is 372 g/mol. The van der Waals surface area contributed by atoms with Gasteiger partial charge in [-0.3, -0.25) is 4.79 Å². The van der Waals surface area contributed by atoms with E-state index >= 15 is 0 Å². The number of methoxy groups -OCH3 is 1. The Labute approximate surface area is 169 Å². The summed E-state index contributed by atoms with van der Waals surface area (Å²) in [5.74, 6) is 1.49. The molecule has 7 heteroatoms. The van der Waals surface area contributed by atoms with Gasteiger partial charge in [-0.2, -0.15) is 0 Å². The molecule has 0 bridgehead atoms.